The third kappa shape index (κ3) is 5.13. The van der Waals surface area contributed by atoms with Crippen molar-refractivity contribution in [2.24, 2.45) is 5.92 Å². The van der Waals surface area contributed by atoms with E-state index in [9.17, 15) is 4.79 Å². The van der Waals surface area contributed by atoms with Crippen LogP contribution in [0.1, 0.15) is 67.0 Å². The van der Waals surface area contributed by atoms with E-state index in [1.165, 1.54) is 0 Å². The van der Waals surface area contributed by atoms with E-state index in [-0.39, 0.29) is 5.91 Å². The third-order valence-corrected chi connectivity index (χ3v) is 5.78. The maximum absolute atomic E-state index is 13.3. The minimum Gasteiger partial charge on any atom is -0.491 e. The molecule has 0 aliphatic carbocycles. The lowest BCUT2D eigenvalue weighted by Crippen LogP contribution is -2.19. The number of halogens is 1. The summed E-state index contributed by atoms with van der Waals surface area (Å²) < 4.78 is 6.81. The van der Waals surface area contributed by atoms with Gasteiger partial charge in [0.25, 0.3) is 5.91 Å². The molecule has 0 aliphatic heterocycles. The first kappa shape index (κ1) is 22.4. The maximum atomic E-state index is 13.3. The van der Waals surface area contributed by atoms with Crippen LogP contribution in [0.5, 0.6) is 5.75 Å². The van der Waals surface area contributed by atoms with Crippen molar-refractivity contribution in [2.45, 2.75) is 60.8 Å². The van der Waals surface area contributed by atoms with Gasteiger partial charge in [0.1, 0.15) is 11.3 Å². The first-order valence-electron chi connectivity index (χ1n) is 10.0. The third-order valence-electron chi connectivity index (χ3n) is 4.85. The number of carbonyl (C=O) groups excluding carboxylic acids is 1. The largest absolute Gasteiger partial charge is 0.491 e. The van der Waals surface area contributed by atoms with Crippen LogP contribution >= 0.6 is 15.9 Å². The van der Waals surface area contributed by atoms with Gasteiger partial charge in [-0.05, 0) is 66.1 Å². The number of nitrogens with one attached hydrogen (secondary N) is 1. The molecule has 28 heavy (non-hydrogen) atoms. The molecule has 0 unspecified atom stereocenters. The fraction of sp³-hybridized carbons (Fsp3) is 0.478. The monoisotopic (exact) mass is 446 g/mol. The molecule has 2 aromatic rings. The fourth-order valence-electron chi connectivity index (χ4n) is 3.17. The summed E-state index contributed by atoms with van der Waals surface area (Å²) in [7, 11) is 0. The second kappa shape index (κ2) is 10.1. The van der Waals surface area contributed by atoms with Gasteiger partial charge in [0.15, 0.2) is 0 Å². The van der Waals surface area contributed by atoms with E-state index in [0.717, 1.165) is 46.2 Å². The summed E-state index contributed by atoms with van der Waals surface area (Å²) in [5.41, 5.74) is 5.15. The number of hydrogen-bond acceptors (Lipinski definition) is 3. The number of carbonyl (C=O) groups is 1. The lowest BCUT2D eigenvalue weighted by atomic mass is 10.0. The number of nitrogens with zero attached hydrogens (tertiary/aromatic N) is 1. The number of rotatable bonds is 8. The van der Waals surface area contributed by atoms with E-state index in [4.69, 9.17) is 4.74 Å². The molecule has 1 aromatic heterocycles. The van der Waals surface area contributed by atoms with Crippen LogP contribution in [0, 0.1) is 19.8 Å². The number of aryl methyl sites for hydroxylation is 4. The molecule has 1 amide bonds. The fourth-order valence-corrected chi connectivity index (χ4v) is 3.58. The summed E-state index contributed by atoms with van der Waals surface area (Å²) in [6.07, 6.45) is 2.64. The second-order valence-electron chi connectivity index (χ2n) is 7.44. The Morgan fingerprint density at radius 2 is 1.75 bits per heavy atom. The standard InChI is InChI=1S/C23H31BrN2O2/c1-7-17-10-9-11-18(8-2)21(17)26-23(27)19-15(5)25-16(6)20(24)22(19)28-13-12-14(3)4/h9-11,14H,7-8,12-13H2,1-6H3,(H,26,27). The van der Waals surface area contributed by atoms with Crippen molar-refractivity contribution >= 4 is 27.5 Å². The number of amides is 1. The molecule has 0 saturated carbocycles. The molecule has 0 atom stereocenters. The van der Waals surface area contributed by atoms with Gasteiger partial charge in [-0.25, -0.2) is 0 Å². The van der Waals surface area contributed by atoms with Gasteiger partial charge >= 0.3 is 0 Å². The van der Waals surface area contributed by atoms with E-state index in [1.807, 2.05) is 19.9 Å². The number of para-hydroxylation sites is 1. The van der Waals surface area contributed by atoms with Gasteiger partial charge in [0, 0.05) is 5.69 Å². The predicted octanol–water partition coefficient (Wildman–Crippen LogP) is 6.26. The molecule has 0 aliphatic rings. The van der Waals surface area contributed by atoms with Crippen LogP contribution < -0.4 is 10.1 Å². The molecule has 5 heteroatoms. The lowest BCUT2D eigenvalue weighted by molar-refractivity contribution is 0.102. The van der Waals surface area contributed by atoms with Crippen LogP contribution in [0.3, 0.4) is 0 Å². The van der Waals surface area contributed by atoms with Gasteiger partial charge in [0.05, 0.1) is 22.5 Å². The van der Waals surface area contributed by atoms with Gasteiger partial charge in [-0.3, -0.25) is 9.78 Å². The van der Waals surface area contributed by atoms with Crippen LogP contribution in [-0.4, -0.2) is 17.5 Å². The van der Waals surface area contributed by atoms with Gasteiger partial charge in [0.2, 0.25) is 0 Å². The predicted molar refractivity (Wildman–Crippen MR) is 120 cm³/mol. The smallest absolute Gasteiger partial charge is 0.261 e. The highest BCUT2D eigenvalue weighted by molar-refractivity contribution is 9.10. The van der Waals surface area contributed by atoms with Crippen molar-refractivity contribution in [2.75, 3.05) is 11.9 Å². The van der Waals surface area contributed by atoms with Crippen molar-refractivity contribution in [1.82, 2.24) is 4.98 Å². The molecule has 4 nitrogen and oxygen atoms in total. The number of ether oxygens (including phenoxy) is 1. The highest BCUT2D eigenvalue weighted by atomic mass is 79.9. The van der Waals surface area contributed by atoms with Crippen molar-refractivity contribution < 1.29 is 9.53 Å². The van der Waals surface area contributed by atoms with Crippen LogP contribution in [0.25, 0.3) is 0 Å². The number of anilines is 1. The summed E-state index contributed by atoms with van der Waals surface area (Å²) in [5.74, 6) is 0.930. The van der Waals surface area contributed by atoms with Crippen LogP contribution in [0.4, 0.5) is 5.69 Å². The van der Waals surface area contributed by atoms with Crippen molar-refractivity contribution in [3.05, 3.63) is 50.8 Å². The summed E-state index contributed by atoms with van der Waals surface area (Å²) in [4.78, 5) is 17.8. The van der Waals surface area contributed by atoms with Gasteiger partial charge in [-0.1, -0.05) is 45.9 Å². The molecule has 0 fully saturated rings. The Kier molecular flexibility index (Phi) is 8.05. The summed E-state index contributed by atoms with van der Waals surface area (Å²) in [6, 6.07) is 6.17. The number of hydrogen-bond donors (Lipinski definition) is 1. The molecule has 152 valence electrons. The number of aromatic nitrogens is 1. The lowest BCUT2D eigenvalue weighted by Gasteiger charge is -2.19. The second-order valence-corrected chi connectivity index (χ2v) is 8.24. The molecule has 1 heterocycles. The molecular weight excluding hydrogens is 416 g/mol. The quantitative estimate of drug-likeness (QED) is 0.520. The van der Waals surface area contributed by atoms with Gasteiger partial charge in [-0.2, -0.15) is 0 Å². The Morgan fingerprint density at radius 3 is 2.29 bits per heavy atom. The molecule has 0 radical (unpaired) electrons. The SMILES string of the molecule is CCc1cccc(CC)c1NC(=O)c1c(C)nc(C)c(Br)c1OCCC(C)C. The molecular formula is C23H31BrN2O2. The van der Waals surface area contributed by atoms with E-state index < -0.39 is 0 Å². The maximum Gasteiger partial charge on any atom is 0.261 e. The average molecular weight is 447 g/mol. The van der Waals surface area contributed by atoms with Crippen LogP contribution in [0.2, 0.25) is 0 Å². The van der Waals surface area contributed by atoms with Crippen molar-refractivity contribution in [1.29, 1.82) is 0 Å². The topological polar surface area (TPSA) is 51.2 Å². The molecule has 0 spiro atoms. The number of pyridine rings is 1. The Balaban J connectivity index is 2.44. The zero-order valence-corrected chi connectivity index (χ0v) is 19.4. The van der Waals surface area contributed by atoms with Crippen LogP contribution in [0.15, 0.2) is 22.7 Å². The Hall–Kier alpha value is -1.88. The van der Waals surface area contributed by atoms with E-state index in [0.29, 0.717) is 29.5 Å². The molecule has 0 saturated heterocycles. The summed E-state index contributed by atoms with van der Waals surface area (Å²) in [5, 5.41) is 3.14. The minimum atomic E-state index is -0.180. The highest BCUT2D eigenvalue weighted by Gasteiger charge is 2.23. The molecule has 1 N–H and O–H groups in total. The van der Waals surface area contributed by atoms with E-state index >= 15 is 0 Å². The zero-order chi connectivity index (χ0) is 20.8. The minimum absolute atomic E-state index is 0.180. The Labute approximate surface area is 177 Å². The average Bonchev–Trinajstić information content (AvgIpc) is 2.65. The molecule has 0 bridgehead atoms. The van der Waals surface area contributed by atoms with E-state index in [1.54, 1.807) is 0 Å². The highest BCUT2D eigenvalue weighted by Crippen LogP contribution is 2.34. The zero-order valence-electron chi connectivity index (χ0n) is 17.8. The normalized spacial score (nSPS) is 11.0. The summed E-state index contributed by atoms with van der Waals surface area (Å²) in [6.45, 7) is 12.8. The van der Waals surface area contributed by atoms with Crippen LogP contribution in [-0.2, 0) is 12.8 Å². The van der Waals surface area contributed by atoms with Gasteiger partial charge < -0.3 is 10.1 Å². The molecule has 2 rings (SSSR count). The number of benzene rings is 1. The first-order chi connectivity index (χ1) is 13.3. The van der Waals surface area contributed by atoms with Gasteiger partial charge in [-0.15, -0.1) is 0 Å². The first-order valence-corrected chi connectivity index (χ1v) is 10.8. The van der Waals surface area contributed by atoms with Crippen molar-refractivity contribution in [3.8, 4) is 5.75 Å². The van der Waals surface area contributed by atoms with Crippen molar-refractivity contribution in [3.63, 3.8) is 0 Å². The Morgan fingerprint density at radius 1 is 1.14 bits per heavy atom. The molecule has 1 aromatic carbocycles. The summed E-state index contributed by atoms with van der Waals surface area (Å²) >= 11 is 3.57. The van der Waals surface area contributed by atoms with E-state index in [2.05, 4.69) is 66.1 Å². The Bertz CT molecular complexity index is 825.